The van der Waals surface area contributed by atoms with Crippen LogP contribution < -0.4 is 15.2 Å². The number of hydrogen-bond acceptors (Lipinski definition) is 6. The summed E-state index contributed by atoms with van der Waals surface area (Å²) in [4.78, 5) is 32.3. The third-order valence-corrected chi connectivity index (χ3v) is 7.21. The van der Waals surface area contributed by atoms with E-state index in [9.17, 15) is 14.0 Å². The average molecular weight is 494 g/mol. The van der Waals surface area contributed by atoms with Gasteiger partial charge in [-0.3, -0.25) is 9.59 Å². The monoisotopic (exact) mass is 493 g/mol. The number of nitrogens with zero attached hydrogens (tertiary/aromatic N) is 3. The fourth-order valence-corrected chi connectivity index (χ4v) is 5.23. The molecule has 3 aromatic rings. The second-order valence-corrected chi connectivity index (χ2v) is 9.65. The van der Waals surface area contributed by atoms with E-state index in [1.165, 1.54) is 12.1 Å². The minimum Gasteiger partial charge on any atom is -0.440 e. The third-order valence-electron chi connectivity index (χ3n) is 7.21. The molecule has 1 unspecified atom stereocenters. The zero-order valence-electron chi connectivity index (χ0n) is 21.1. The molecule has 0 radical (unpaired) electrons. The Morgan fingerprint density at radius 2 is 1.89 bits per heavy atom. The molecule has 0 spiro atoms. The summed E-state index contributed by atoms with van der Waals surface area (Å²) in [5, 5.41) is 0.389. The van der Waals surface area contributed by atoms with Crippen LogP contribution in [0.4, 0.5) is 16.0 Å². The van der Waals surface area contributed by atoms with Gasteiger partial charge in [0.15, 0.2) is 11.3 Å². The van der Waals surface area contributed by atoms with Gasteiger partial charge in [0.1, 0.15) is 11.4 Å². The van der Waals surface area contributed by atoms with Gasteiger partial charge in [-0.25, -0.2) is 4.39 Å². The van der Waals surface area contributed by atoms with Crippen molar-refractivity contribution in [2.75, 3.05) is 56.2 Å². The highest BCUT2D eigenvalue weighted by Crippen LogP contribution is 2.40. The summed E-state index contributed by atoms with van der Waals surface area (Å²) in [6.45, 7) is 7.50. The van der Waals surface area contributed by atoms with Crippen molar-refractivity contribution in [2.45, 2.75) is 32.7 Å². The van der Waals surface area contributed by atoms with Crippen LogP contribution in [0.2, 0.25) is 0 Å². The largest absolute Gasteiger partial charge is 0.440 e. The quantitative estimate of drug-likeness (QED) is 0.521. The fraction of sp³-hybridized carbons (Fsp3) is 0.429. The van der Waals surface area contributed by atoms with E-state index in [0.717, 1.165) is 36.2 Å². The summed E-state index contributed by atoms with van der Waals surface area (Å²) in [5.41, 5.74) is 3.18. The van der Waals surface area contributed by atoms with Crippen LogP contribution >= 0.6 is 0 Å². The van der Waals surface area contributed by atoms with Gasteiger partial charge in [0, 0.05) is 56.1 Å². The Labute approximate surface area is 210 Å². The van der Waals surface area contributed by atoms with Crippen LogP contribution in [0.25, 0.3) is 11.0 Å². The van der Waals surface area contributed by atoms with Crippen molar-refractivity contribution in [1.82, 2.24) is 4.90 Å². The number of benzene rings is 2. The van der Waals surface area contributed by atoms with Crippen LogP contribution in [0.3, 0.4) is 0 Å². The lowest BCUT2D eigenvalue weighted by atomic mass is 9.97. The molecular weight excluding hydrogens is 461 g/mol. The molecule has 1 atom stereocenters. The number of carbonyl (C=O) groups is 1. The number of carbonyl (C=O) groups excluding carboxylic acids is 1. The highest BCUT2D eigenvalue weighted by atomic mass is 19.1. The Balaban J connectivity index is 1.69. The van der Waals surface area contributed by atoms with E-state index < -0.39 is 0 Å². The van der Waals surface area contributed by atoms with Crippen molar-refractivity contribution in [3.05, 3.63) is 69.1 Å². The van der Waals surface area contributed by atoms with E-state index >= 15 is 0 Å². The Kier molecular flexibility index (Phi) is 6.71. The number of ether oxygens (including phenoxy) is 1. The van der Waals surface area contributed by atoms with Crippen LogP contribution in [-0.4, -0.2) is 57.2 Å². The summed E-state index contributed by atoms with van der Waals surface area (Å²) in [5.74, 6) is 0.0755. The normalized spacial score (nSPS) is 18.2. The predicted octanol–water partition coefficient (Wildman–Crippen LogP) is 4.51. The molecule has 7 nitrogen and oxygen atoms in total. The van der Waals surface area contributed by atoms with Crippen molar-refractivity contribution in [2.24, 2.45) is 0 Å². The molecule has 190 valence electrons. The lowest BCUT2D eigenvalue weighted by Gasteiger charge is -2.30. The molecule has 0 aliphatic carbocycles. The van der Waals surface area contributed by atoms with Gasteiger partial charge in [-0.2, -0.15) is 0 Å². The first-order valence-electron chi connectivity index (χ1n) is 12.6. The van der Waals surface area contributed by atoms with Crippen LogP contribution in [0.15, 0.2) is 45.6 Å². The fourth-order valence-electron chi connectivity index (χ4n) is 5.23. The zero-order chi connectivity index (χ0) is 25.4. The molecule has 2 aliphatic heterocycles. The van der Waals surface area contributed by atoms with E-state index in [2.05, 4.69) is 4.90 Å². The van der Waals surface area contributed by atoms with Gasteiger partial charge < -0.3 is 23.9 Å². The number of fused-ring (bicyclic) bond motifs is 1. The SMILES string of the molecule is CCN(C)C(=O)c1cc(C2CCCN2c2cc(C)cc(F)c2)c2oc(N3CCOCC3)cc(=O)c2c1. The lowest BCUT2D eigenvalue weighted by molar-refractivity contribution is 0.0802. The van der Waals surface area contributed by atoms with Gasteiger partial charge in [-0.05, 0) is 62.6 Å². The molecule has 2 saturated heterocycles. The van der Waals surface area contributed by atoms with E-state index in [4.69, 9.17) is 9.15 Å². The van der Waals surface area contributed by atoms with Crippen LogP contribution in [0.5, 0.6) is 0 Å². The Bertz CT molecular complexity index is 1330. The molecular formula is C28H32FN3O4. The summed E-state index contributed by atoms with van der Waals surface area (Å²) >= 11 is 0. The van der Waals surface area contributed by atoms with Crippen LogP contribution in [-0.2, 0) is 4.74 Å². The molecule has 2 fully saturated rings. The second kappa shape index (κ2) is 9.93. The zero-order valence-corrected chi connectivity index (χ0v) is 21.1. The second-order valence-electron chi connectivity index (χ2n) is 9.65. The van der Waals surface area contributed by atoms with Crippen molar-refractivity contribution in [3.8, 4) is 0 Å². The van der Waals surface area contributed by atoms with Crippen molar-refractivity contribution in [3.63, 3.8) is 0 Å². The third kappa shape index (κ3) is 4.57. The maximum atomic E-state index is 14.3. The summed E-state index contributed by atoms with van der Waals surface area (Å²) in [6.07, 6.45) is 1.71. The van der Waals surface area contributed by atoms with Crippen LogP contribution in [0, 0.1) is 12.7 Å². The van der Waals surface area contributed by atoms with Crippen molar-refractivity contribution < 1.29 is 18.3 Å². The van der Waals surface area contributed by atoms with E-state index in [-0.39, 0.29) is 23.2 Å². The first-order chi connectivity index (χ1) is 17.4. The molecule has 3 heterocycles. The number of rotatable bonds is 5. The Hall–Kier alpha value is -3.39. The van der Waals surface area contributed by atoms with Crippen molar-refractivity contribution in [1.29, 1.82) is 0 Å². The number of morpholine rings is 1. The Morgan fingerprint density at radius 3 is 2.61 bits per heavy atom. The van der Waals surface area contributed by atoms with Crippen LogP contribution in [0.1, 0.15) is 47.3 Å². The van der Waals surface area contributed by atoms with Gasteiger partial charge in [-0.1, -0.05) is 0 Å². The number of halogens is 1. The molecule has 1 aromatic heterocycles. The van der Waals surface area contributed by atoms with Gasteiger partial charge >= 0.3 is 0 Å². The van der Waals surface area contributed by atoms with E-state index in [1.807, 2.05) is 30.9 Å². The molecule has 8 heteroatoms. The maximum Gasteiger partial charge on any atom is 0.253 e. The van der Waals surface area contributed by atoms with E-state index in [1.54, 1.807) is 24.1 Å². The summed E-state index contributed by atoms with van der Waals surface area (Å²) in [7, 11) is 1.74. The topological polar surface area (TPSA) is 66.2 Å². The van der Waals surface area contributed by atoms with Gasteiger partial charge in [0.25, 0.3) is 5.91 Å². The number of amides is 1. The molecule has 2 aromatic carbocycles. The molecule has 2 aliphatic rings. The molecule has 1 amide bonds. The maximum absolute atomic E-state index is 14.3. The number of hydrogen-bond donors (Lipinski definition) is 0. The smallest absolute Gasteiger partial charge is 0.253 e. The van der Waals surface area contributed by atoms with Gasteiger partial charge in [0.05, 0.1) is 24.6 Å². The molecule has 0 bridgehead atoms. The lowest BCUT2D eigenvalue weighted by Crippen LogP contribution is -2.36. The summed E-state index contributed by atoms with van der Waals surface area (Å²) < 4.78 is 26.2. The highest BCUT2D eigenvalue weighted by molar-refractivity contribution is 5.99. The first-order valence-corrected chi connectivity index (χ1v) is 12.6. The minimum atomic E-state index is -0.282. The number of aryl methyl sites for hydroxylation is 1. The van der Waals surface area contributed by atoms with Gasteiger partial charge in [0.2, 0.25) is 0 Å². The first kappa shape index (κ1) is 24.3. The van der Waals surface area contributed by atoms with E-state index in [0.29, 0.717) is 55.3 Å². The Morgan fingerprint density at radius 1 is 1.11 bits per heavy atom. The molecule has 0 saturated carbocycles. The molecule has 0 N–H and O–H groups in total. The number of anilines is 2. The average Bonchev–Trinajstić information content (AvgIpc) is 3.37. The van der Waals surface area contributed by atoms with Gasteiger partial charge in [-0.15, -0.1) is 0 Å². The molecule has 36 heavy (non-hydrogen) atoms. The molecule has 5 rings (SSSR count). The van der Waals surface area contributed by atoms with Crippen molar-refractivity contribution >= 4 is 28.4 Å². The predicted molar refractivity (Wildman–Crippen MR) is 139 cm³/mol. The summed E-state index contributed by atoms with van der Waals surface area (Å²) in [6, 6.07) is 9.89. The highest BCUT2D eigenvalue weighted by Gasteiger charge is 2.31. The minimum absolute atomic E-state index is 0.150. The standard InChI is InChI=1S/C28H32FN3O4/c1-4-30(3)28(34)19-14-22(24-6-5-7-32(24)21-13-18(2)12-20(29)16-21)27-23(15-19)25(33)17-26(36-27)31-8-10-35-11-9-31/h12-17,24H,4-11H2,1-3H3.